The molecule has 0 fully saturated rings. The highest BCUT2D eigenvalue weighted by molar-refractivity contribution is 14.0. The van der Waals surface area contributed by atoms with Gasteiger partial charge in [0.15, 0.2) is 5.96 Å². The van der Waals surface area contributed by atoms with E-state index in [1.54, 1.807) is 25.5 Å². The third-order valence-corrected chi connectivity index (χ3v) is 3.23. The number of nitrogens with zero attached hydrogens (tertiary/aromatic N) is 1. The van der Waals surface area contributed by atoms with Crippen molar-refractivity contribution >= 4 is 41.3 Å². The van der Waals surface area contributed by atoms with Gasteiger partial charge in [0.25, 0.3) is 0 Å². The second-order valence-electron chi connectivity index (χ2n) is 4.37. The first-order valence-electron chi connectivity index (χ1n) is 5.58. The van der Waals surface area contributed by atoms with Gasteiger partial charge in [-0.25, -0.2) is 0 Å². The van der Waals surface area contributed by atoms with Crippen molar-refractivity contribution in [2.24, 2.45) is 4.99 Å². The Labute approximate surface area is 130 Å². The Kier molecular flexibility index (Phi) is 8.54. The molecule has 1 rings (SSSR count). The number of halogens is 1. The Morgan fingerprint density at radius 3 is 2.67 bits per heavy atom. The summed E-state index contributed by atoms with van der Waals surface area (Å²) in [4.78, 5) is 4.17. The van der Waals surface area contributed by atoms with Crippen molar-refractivity contribution in [2.75, 3.05) is 20.7 Å². The summed E-state index contributed by atoms with van der Waals surface area (Å²) in [7, 11) is 3.48. The zero-order valence-electron chi connectivity index (χ0n) is 11.3. The van der Waals surface area contributed by atoms with Crippen molar-refractivity contribution in [1.29, 1.82) is 0 Å². The van der Waals surface area contributed by atoms with Gasteiger partial charge >= 0.3 is 0 Å². The van der Waals surface area contributed by atoms with Gasteiger partial charge in [-0.15, -0.1) is 24.0 Å². The minimum absolute atomic E-state index is 0. The Hall–Kier alpha value is -0.340. The molecule has 0 saturated heterocycles. The van der Waals surface area contributed by atoms with E-state index in [-0.39, 0.29) is 29.6 Å². The smallest absolute Gasteiger partial charge is 0.191 e. The monoisotopic (exact) mass is 383 g/mol. The molecule has 1 heterocycles. The van der Waals surface area contributed by atoms with Crippen LogP contribution in [0.2, 0.25) is 0 Å². The molecule has 0 aliphatic rings. The lowest BCUT2D eigenvalue weighted by atomic mass is 10.1. The third kappa shape index (κ3) is 6.55. The molecule has 0 amide bonds. The molecule has 4 nitrogen and oxygen atoms in total. The molecule has 104 valence electrons. The molecule has 0 unspecified atom stereocenters. The summed E-state index contributed by atoms with van der Waals surface area (Å²) < 4.78 is 5.34. The molecule has 2 N–H and O–H groups in total. The number of hydrogen-bond acceptors (Lipinski definition) is 3. The first-order valence-corrected chi connectivity index (χ1v) is 6.52. The molecular formula is C12H22IN3OS. The summed E-state index contributed by atoms with van der Waals surface area (Å²) in [5.41, 5.74) is 1.07. The topological polar surface area (TPSA) is 45.7 Å². The summed E-state index contributed by atoms with van der Waals surface area (Å²) in [6.07, 6.45) is 0. The molecule has 1 aromatic rings. The molecule has 0 atom stereocenters. The molecule has 0 aliphatic carbocycles. The van der Waals surface area contributed by atoms with E-state index in [1.165, 1.54) is 5.56 Å². The molecule has 1 aromatic heterocycles. The molecule has 0 radical (unpaired) electrons. The van der Waals surface area contributed by atoms with Crippen LogP contribution < -0.4 is 10.6 Å². The number of thiophene rings is 1. The normalized spacial score (nSPS) is 11.9. The van der Waals surface area contributed by atoms with Gasteiger partial charge in [0.05, 0.1) is 5.60 Å². The number of methoxy groups -OCH3 is 1. The molecular weight excluding hydrogens is 361 g/mol. The number of guanidine groups is 1. The fraction of sp³-hybridized carbons (Fsp3) is 0.583. The number of aliphatic imine (C=N–C) groups is 1. The fourth-order valence-electron chi connectivity index (χ4n) is 1.17. The third-order valence-electron chi connectivity index (χ3n) is 2.50. The Bertz CT molecular complexity index is 352. The van der Waals surface area contributed by atoms with Crippen LogP contribution in [0.1, 0.15) is 19.4 Å². The van der Waals surface area contributed by atoms with Crippen LogP contribution in [-0.4, -0.2) is 32.3 Å². The highest BCUT2D eigenvalue weighted by Crippen LogP contribution is 2.06. The second-order valence-corrected chi connectivity index (χ2v) is 5.15. The van der Waals surface area contributed by atoms with Crippen LogP contribution in [0.25, 0.3) is 0 Å². The van der Waals surface area contributed by atoms with Gasteiger partial charge in [-0.3, -0.25) is 4.99 Å². The van der Waals surface area contributed by atoms with Crippen molar-refractivity contribution in [3.8, 4) is 0 Å². The SMILES string of the molecule is CN=C(NCc1ccsc1)NCC(C)(C)OC.I. The van der Waals surface area contributed by atoms with Crippen LogP contribution in [-0.2, 0) is 11.3 Å². The first kappa shape index (κ1) is 17.7. The van der Waals surface area contributed by atoms with Crippen LogP contribution >= 0.6 is 35.3 Å². The average molecular weight is 383 g/mol. The maximum Gasteiger partial charge on any atom is 0.191 e. The Balaban J connectivity index is 0.00000289. The largest absolute Gasteiger partial charge is 0.377 e. The van der Waals surface area contributed by atoms with Crippen LogP contribution in [0.4, 0.5) is 0 Å². The van der Waals surface area contributed by atoms with Gasteiger partial charge in [0, 0.05) is 27.2 Å². The van der Waals surface area contributed by atoms with E-state index in [2.05, 4.69) is 32.5 Å². The van der Waals surface area contributed by atoms with Crippen LogP contribution in [0.3, 0.4) is 0 Å². The lowest BCUT2D eigenvalue weighted by Crippen LogP contribution is -2.45. The minimum atomic E-state index is -0.194. The summed E-state index contributed by atoms with van der Waals surface area (Å²) in [6, 6.07) is 2.10. The van der Waals surface area contributed by atoms with Gasteiger partial charge in [-0.05, 0) is 36.2 Å². The van der Waals surface area contributed by atoms with Gasteiger partial charge in [-0.1, -0.05) is 0 Å². The molecule has 0 saturated carbocycles. The van der Waals surface area contributed by atoms with Gasteiger partial charge in [-0.2, -0.15) is 11.3 Å². The van der Waals surface area contributed by atoms with E-state index in [1.807, 2.05) is 13.8 Å². The quantitative estimate of drug-likeness (QED) is 0.467. The highest BCUT2D eigenvalue weighted by atomic mass is 127. The van der Waals surface area contributed by atoms with Crippen molar-refractivity contribution in [1.82, 2.24) is 10.6 Å². The van der Waals surface area contributed by atoms with Gasteiger partial charge < -0.3 is 15.4 Å². The molecule has 0 aromatic carbocycles. The summed E-state index contributed by atoms with van der Waals surface area (Å²) in [6.45, 7) is 5.57. The maximum absolute atomic E-state index is 5.34. The lowest BCUT2D eigenvalue weighted by Gasteiger charge is -2.24. The van der Waals surface area contributed by atoms with E-state index < -0.39 is 0 Å². The Morgan fingerprint density at radius 2 is 2.17 bits per heavy atom. The first-order chi connectivity index (χ1) is 8.07. The Morgan fingerprint density at radius 1 is 1.44 bits per heavy atom. The van der Waals surface area contributed by atoms with Crippen molar-refractivity contribution < 1.29 is 4.74 Å². The summed E-state index contributed by atoms with van der Waals surface area (Å²) in [5.74, 6) is 0.793. The number of hydrogen-bond donors (Lipinski definition) is 2. The zero-order chi connectivity index (χ0) is 12.7. The maximum atomic E-state index is 5.34. The number of rotatable bonds is 5. The molecule has 0 spiro atoms. The van der Waals surface area contributed by atoms with Crippen LogP contribution in [0, 0.1) is 0 Å². The lowest BCUT2D eigenvalue weighted by molar-refractivity contribution is 0.0268. The van der Waals surface area contributed by atoms with E-state index in [0.29, 0.717) is 6.54 Å². The zero-order valence-corrected chi connectivity index (χ0v) is 14.5. The average Bonchev–Trinajstić information content (AvgIpc) is 2.82. The van der Waals surface area contributed by atoms with E-state index in [0.717, 1.165) is 12.5 Å². The summed E-state index contributed by atoms with van der Waals surface area (Å²) >= 11 is 1.70. The molecule has 6 heteroatoms. The predicted octanol–water partition coefficient (Wildman–Crippen LogP) is 2.46. The standard InChI is InChI=1S/C12H21N3OS.HI/c1-12(2,16-4)9-15-11(13-3)14-7-10-5-6-17-8-10;/h5-6,8H,7,9H2,1-4H3,(H2,13,14,15);1H. The highest BCUT2D eigenvalue weighted by Gasteiger charge is 2.16. The van der Waals surface area contributed by atoms with Crippen LogP contribution in [0.5, 0.6) is 0 Å². The van der Waals surface area contributed by atoms with Gasteiger partial charge in [0.1, 0.15) is 0 Å². The van der Waals surface area contributed by atoms with Gasteiger partial charge in [0.2, 0.25) is 0 Å². The summed E-state index contributed by atoms with van der Waals surface area (Å²) in [5, 5.41) is 10.7. The number of nitrogens with one attached hydrogen (secondary N) is 2. The minimum Gasteiger partial charge on any atom is -0.377 e. The predicted molar refractivity (Wildman–Crippen MR) is 89.0 cm³/mol. The van der Waals surface area contributed by atoms with E-state index in [4.69, 9.17) is 4.74 Å². The molecule has 0 aliphatic heterocycles. The van der Waals surface area contributed by atoms with E-state index in [9.17, 15) is 0 Å². The van der Waals surface area contributed by atoms with E-state index >= 15 is 0 Å². The van der Waals surface area contributed by atoms with Crippen LogP contribution in [0.15, 0.2) is 21.8 Å². The second kappa shape index (κ2) is 8.71. The number of ether oxygens (including phenoxy) is 1. The van der Waals surface area contributed by atoms with Crippen molar-refractivity contribution in [3.05, 3.63) is 22.4 Å². The fourth-order valence-corrected chi connectivity index (χ4v) is 1.84. The molecule has 18 heavy (non-hydrogen) atoms. The van der Waals surface area contributed by atoms with Crippen molar-refractivity contribution in [2.45, 2.75) is 26.0 Å². The van der Waals surface area contributed by atoms with Crippen molar-refractivity contribution in [3.63, 3.8) is 0 Å². The molecule has 0 bridgehead atoms.